The Morgan fingerprint density at radius 1 is 1.27 bits per heavy atom. The van der Waals surface area contributed by atoms with Crippen molar-refractivity contribution in [3.05, 3.63) is 36.3 Å². The first-order valence-electron chi connectivity index (χ1n) is 7.88. The molecule has 0 saturated carbocycles. The van der Waals surface area contributed by atoms with E-state index >= 15 is 0 Å². The molecule has 2 atom stereocenters. The molecule has 3 rings (SSSR count). The van der Waals surface area contributed by atoms with E-state index in [0.29, 0.717) is 18.4 Å². The number of carbonyl (C=O) groups excluding carboxylic acids is 1. The Balaban J connectivity index is 1.79. The maximum atomic E-state index is 13.1. The highest BCUT2D eigenvalue weighted by Gasteiger charge is 2.34. The van der Waals surface area contributed by atoms with E-state index in [9.17, 15) is 18.0 Å². The van der Waals surface area contributed by atoms with Gasteiger partial charge in [0, 0.05) is 30.6 Å². The van der Waals surface area contributed by atoms with Gasteiger partial charge in [-0.1, -0.05) is 0 Å². The molecule has 2 aromatic rings. The first-order chi connectivity index (χ1) is 12.3. The number of halogens is 3. The number of aromatic nitrogens is 3. The number of hydrogen-bond donors (Lipinski definition) is 2. The molecule has 138 valence electrons. The summed E-state index contributed by atoms with van der Waals surface area (Å²) < 4.78 is 44.9. The van der Waals surface area contributed by atoms with Crippen LogP contribution in [-0.2, 0) is 15.7 Å². The quantitative estimate of drug-likeness (QED) is 0.838. The van der Waals surface area contributed by atoms with Gasteiger partial charge < -0.3 is 15.8 Å². The minimum absolute atomic E-state index is 0.0188. The van der Waals surface area contributed by atoms with Gasteiger partial charge >= 0.3 is 6.18 Å². The summed E-state index contributed by atoms with van der Waals surface area (Å²) in [6, 6.07) is 3.89. The Morgan fingerprint density at radius 2 is 2.00 bits per heavy atom. The van der Waals surface area contributed by atoms with Crippen molar-refractivity contribution in [2.75, 3.05) is 11.9 Å². The summed E-state index contributed by atoms with van der Waals surface area (Å²) in [5.74, 6) is -0.591. The lowest BCUT2D eigenvalue weighted by Gasteiger charge is -2.15. The number of rotatable bonds is 5. The summed E-state index contributed by atoms with van der Waals surface area (Å²) in [6.45, 7) is 0.202. The predicted octanol–water partition coefficient (Wildman–Crippen LogP) is 2.00. The first kappa shape index (κ1) is 18.1. The molecule has 2 unspecified atom stereocenters. The van der Waals surface area contributed by atoms with Crippen LogP contribution in [-0.4, -0.2) is 39.6 Å². The number of nitrogens with zero attached hydrogens (tertiary/aromatic N) is 3. The summed E-state index contributed by atoms with van der Waals surface area (Å²) >= 11 is 0. The average molecular weight is 367 g/mol. The zero-order valence-corrected chi connectivity index (χ0v) is 13.5. The van der Waals surface area contributed by atoms with E-state index in [1.807, 2.05) is 0 Å². The third-order valence-corrected chi connectivity index (χ3v) is 3.89. The highest BCUT2D eigenvalue weighted by atomic mass is 19.4. The van der Waals surface area contributed by atoms with Crippen molar-refractivity contribution in [1.82, 2.24) is 15.0 Å². The van der Waals surface area contributed by atoms with E-state index in [1.54, 1.807) is 0 Å². The predicted molar refractivity (Wildman–Crippen MR) is 85.8 cm³/mol. The van der Waals surface area contributed by atoms with Gasteiger partial charge in [-0.2, -0.15) is 13.2 Å². The van der Waals surface area contributed by atoms with Crippen LogP contribution in [0.15, 0.2) is 30.6 Å². The molecule has 1 fully saturated rings. The van der Waals surface area contributed by atoms with Crippen LogP contribution >= 0.6 is 0 Å². The largest absolute Gasteiger partial charge is 0.433 e. The summed E-state index contributed by atoms with van der Waals surface area (Å²) in [4.78, 5) is 22.7. The lowest BCUT2D eigenvalue weighted by molar-refractivity contribution is -0.141. The van der Waals surface area contributed by atoms with Crippen molar-refractivity contribution >= 4 is 11.7 Å². The van der Waals surface area contributed by atoms with Gasteiger partial charge in [0.25, 0.3) is 0 Å². The van der Waals surface area contributed by atoms with Gasteiger partial charge in [0.05, 0.1) is 6.10 Å². The van der Waals surface area contributed by atoms with Gasteiger partial charge in [-0.3, -0.25) is 9.78 Å². The number of nitrogens with two attached hydrogens (primary N) is 1. The first-order valence-corrected chi connectivity index (χ1v) is 7.88. The Kier molecular flexibility index (Phi) is 5.03. The number of nitrogens with one attached hydrogen (secondary N) is 1. The van der Waals surface area contributed by atoms with Gasteiger partial charge in [0.1, 0.15) is 11.9 Å². The van der Waals surface area contributed by atoms with Gasteiger partial charge in [-0.25, -0.2) is 9.97 Å². The minimum atomic E-state index is -4.61. The van der Waals surface area contributed by atoms with Crippen molar-refractivity contribution in [2.24, 2.45) is 5.73 Å². The van der Waals surface area contributed by atoms with Crippen LogP contribution in [0.1, 0.15) is 18.5 Å². The van der Waals surface area contributed by atoms with Crippen LogP contribution in [0.3, 0.4) is 0 Å². The van der Waals surface area contributed by atoms with E-state index in [-0.39, 0.29) is 24.3 Å². The second-order valence-electron chi connectivity index (χ2n) is 5.80. The molecule has 26 heavy (non-hydrogen) atoms. The molecule has 0 spiro atoms. The molecule has 10 heteroatoms. The molecule has 2 aromatic heterocycles. The van der Waals surface area contributed by atoms with Crippen molar-refractivity contribution in [3.8, 4) is 11.4 Å². The number of carbonyl (C=O) groups is 1. The van der Waals surface area contributed by atoms with Crippen LogP contribution in [0.2, 0.25) is 0 Å². The minimum Gasteiger partial charge on any atom is -0.367 e. The number of ether oxygens (including phenoxy) is 1. The standard InChI is InChI=1S/C16H16F3N5O2/c17-16(18,19)12-7-13(22-8-10-1-2-11(26-10)14(20)25)24-15(23-12)9-3-5-21-6-4-9/h3-7,10-11H,1-2,8H2,(H2,20,25)(H,22,23,24). The Labute approximate surface area is 146 Å². The fourth-order valence-electron chi connectivity index (χ4n) is 2.60. The zero-order chi connectivity index (χ0) is 18.7. The molecule has 1 saturated heterocycles. The van der Waals surface area contributed by atoms with Crippen LogP contribution in [0.5, 0.6) is 0 Å². The highest BCUT2D eigenvalue weighted by molar-refractivity contribution is 5.79. The maximum absolute atomic E-state index is 13.1. The Bertz CT molecular complexity index is 785. The van der Waals surface area contributed by atoms with E-state index in [1.165, 1.54) is 24.5 Å². The van der Waals surface area contributed by atoms with E-state index < -0.39 is 23.9 Å². The normalized spacial score (nSPS) is 20.1. The van der Waals surface area contributed by atoms with Gasteiger partial charge in [-0.15, -0.1) is 0 Å². The second-order valence-corrected chi connectivity index (χ2v) is 5.80. The van der Waals surface area contributed by atoms with E-state index in [2.05, 4.69) is 20.3 Å². The SMILES string of the molecule is NC(=O)C1CCC(CNc2cc(C(F)(F)F)nc(-c3ccncc3)n2)O1. The molecule has 0 aromatic carbocycles. The highest BCUT2D eigenvalue weighted by Crippen LogP contribution is 2.31. The third kappa shape index (κ3) is 4.26. The number of anilines is 1. The number of amides is 1. The van der Waals surface area contributed by atoms with Crippen LogP contribution in [0.25, 0.3) is 11.4 Å². The topological polar surface area (TPSA) is 103 Å². The number of hydrogen-bond acceptors (Lipinski definition) is 6. The summed E-state index contributed by atoms with van der Waals surface area (Å²) in [5.41, 5.74) is 4.55. The van der Waals surface area contributed by atoms with Crippen molar-refractivity contribution in [3.63, 3.8) is 0 Å². The smallest absolute Gasteiger partial charge is 0.367 e. The monoisotopic (exact) mass is 367 g/mol. The fraction of sp³-hybridized carbons (Fsp3) is 0.375. The van der Waals surface area contributed by atoms with Crippen LogP contribution in [0.4, 0.5) is 19.0 Å². The summed E-state index contributed by atoms with van der Waals surface area (Å²) in [6.07, 6.45) is -1.64. The lowest BCUT2D eigenvalue weighted by atomic mass is 10.2. The molecule has 1 amide bonds. The summed E-state index contributed by atoms with van der Waals surface area (Å²) in [5, 5.41) is 2.82. The molecule has 7 nitrogen and oxygen atoms in total. The molecular weight excluding hydrogens is 351 g/mol. The number of primary amides is 1. The van der Waals surface area contributed by atoms with Crippen molar-refractivity contribution in [1.29, 1.82) is 0 Å². The molecule has 3 N–H and O–H groups in total. The maximum Gasteiger partial charge on any atom is 0.433 e. The molecule has 1 aliphatic heterocycles. The van der Waals surface area contributed by atoms with E-state index in [4.69, 9.17) is 10.5 Å². The second kappa shape index (κ2) is 7.24. The van der Waals surface area contributed by atoms with E-state index in [0.717, 1.165) is 6.07 Å². The lowest BCUT2D eigenvalue weighted by Crippen LogP contribution is -2.30. The molecule has 3 heterocycles. The van der Waals surface area contributed by atoms with Crippen LogP contribution < -0.4 is 11.1 Å². The molecule has 0 radical (unpaired) electrons. The van der Waals surface area contributed by atoms with Gasteiger partial charge in [-0.05, 0) is 25.0 Å². The van der Waals surface area contributed by atoms with Crippen molar-refractivity contribution in [2.45, 2.75) is 31.2 Å². The fourth-order valence-corrected chi connectivity index (χ4v) is 2.60. The molecular formula is C16H16F3N5O2. The van der Waals surface area contributed by atoms with Crippen molar-refractivity contribution < 1.29 is 22.7 Å². The Hall–Kier alpha value is -2.75. The number of alkyl halides is 3. The summed E-state index contributed by atoms with van der Waals surface area (Å²) in [7, 11) is 0. The molecule has 1 aliphatic rings. The molecule has 0 aliphatic carbocycles. The van der Waals surface area contributed by atoms with Crippen LogP contribution in [0, 0.1) is 0 Å². The average Bonchev–Trinajstić information content (AvgIpc) is 3.09. The third-order valence-electron chi connectivity index (χ3n) is 3.89. The number of pyridine rings is 1. The Morgan fingerprint density at radius 3 is 2.62 bits per heavy atom. The van der Waals surface area contributed by atoms with Gasteiger partial charge in [0.2, 0.25) is 5.91 Å². The molecule has 0 bridgehead atoms. The zero-order valence-electron chi connectivity index (χ0n) is 13.5. The van der Waals surface area contributed by atoms with Gasteiger partial charge in [0.15, 0.2) is 11.5 Å².